The summed E-state index contributed by atoms with van der Waals surface area (Å²) in [5, 5.41) is 2.60. The third-order valence-electron chi connectivity index (χ3n) is 5.45. The average molecular weight is 347 g/mol. The topological polar surface area (TPSA) is 92.5 Å². The van der Waals surface area contributed by atoms with E-state index in [2.05, 4.69) is 17.1 Å². The zero-order chi connectivity index (χ0) is 18.6. The van der Waals surface area contributed by atoms with E-state index in [-0.39, 0.29) is 24.2 Å². The quantitative estimate of drug-likeness (QED) is 0.738. The number of piperidine rings is 1. The highest BCUT2D eigenvalue weighted by Gasteiger charge is 2.40. The molecule has 1 fully saturated rings. The lowest BCUT2D eigenvalue weighted by Gasteiger charge is -2.33. The van der Waals surface area contributed by atoms with E-state index in [0.717, 1.165) is 38.0 Å². The van der Waals surface area contributed by atoms with Gasteiger partial charge in [0.15, 0.2) is 0 Å². The molecule has 1 atom stereocenters. The van der Waals surface area contributed by atoms with Crippen LogP contribution in [0.4, 0.5) is 0 Å². The fourth-order valence-corrected chi connectivity index (χ4v) is 3.74. The van der Waals surface area contributed by atoms with E-state index in [1.165, 1.54) is 0 Å². The minimum atomic E-state index is -0.886. The highest BCUT2D eigenvalue weighted by molar-refractivity contribution is 6.02. The van der Waals surface area contributed by atoms with Crippen molar-refractivity contribution in [2.24, 2.45) is 17.1 Å². The van der Waals surface area contributed by atoms with Crippen LogP contribution < -0.4 is 11.1 Å². The molecule has 0 aromatic rings. The van der Waals surface area contributed by atoms with Crippen molar-refractivity contribution in [3.05, 3.63) is 23.3 Å². The van der Waals surface area contributed by atoms with Gasteiger partial charge in [0.25, 0.3) is 0 Å². The number of imide groups is 1. The summed E-state index contributed by atoms with van der Waals surface area (Å²) in [7, 11) is 0. The fourth-order valence-electron chi connectivity index (χ4n) is 3.74. The first-order valence-electron chi connectivity index (χ1n) is 9.08. The van der Waals surface area contributed by atoms with Gasteiger partial charge in [-0.05, 0) is 52.2 Å². The standard InChI is InChI=1S/C19H29N3O3/c1-4-19(11-13(3)10-15(12-19)16(20)23)18(25)21-17(24)14-6-8-22(5-2)9-7-14/h10-11,14H,4-9,12H2,1-3H3,(H2,20,23)(H,21,24,25). The molecule has 0 spiro atoms. The minimum absolute atomic E-state index is 0.125. The number of hydrogen-bond acceptors (Lipinski definition) is 4. The van der Waals surface area contributed by atoms with Gasteiger partial charge in [-0.2, -0.15) is 0 Å². The smallest absolute Gasteiger partial charge is 0.244 e. The molecule has 1 saturated heterocycles. The van der Waals surface area contributed by atoms with Crippen molar-refractivity contribution in [3.63, 3.8) is 0 Å². The summed E-state index contributed by atoms with van der Waals surface area (Å²) < 4.78 is 0. The van der Waals surface area contributed by atoms with Crippen LogP contribution in [0.15, 0.2) is 23.3 Å². The number of nitrogens with one attached hydrogen (secondary N) is 1. The Morgan fingerprint density at radius 2 is 1.92 bits per heavy atom. The zero-order valence-electron chi connectivity index (χ0n) is 15.4. The van der Waals surface area contributed by atoms with Crippen molar-refractivity contribution in [1.82, 2.24) is 10.2 Å². The van der Waals surface area contributed by atoms with E-state index in [1.54, 1.807) is 6.08 Å². The molecule has 3 amide bonds. The van der Waals surface area contributed by atoms with Crippen molar-refractivity contribution in [2.75, 3.05) is 19.6 Å². The van der Waals surface area contributed by atoms with Gasteiger partial charge in [-0.15, -0.1) is 0 Å². The zero-order valence-corrected chi connectivity index (χ0v) is 15.4. The molecule has 138 valence electrons. The second kappa shape index (κ2) is 7.95. The Kier molecular flexibility index (Phi) is 6.16. The summed E-state index contributed by atoms with van der Waals surface area (Å²) in [5.41, 5.74) is 5.78. The van der Waals surface area contributed by atoms with Crippen LogP contribution in [-0.2, 0) is 14.4 Å². The first kappa shape index (κ1) is 19.4. The molecule has 6 nitrogen and oxygen atoms in total. The minimum Gasteiger partial charge on any atom is -0.366 e. The number of amides is 3. The van der Waals surface area contributed by atoms with Crippen LogP contribution in [0.5, 0.6) is 0 Å². The largest absolute Gasteiger partial charge is 0.366 e. The molecule has 1 aliphatic carbocycles. The molecule has 1 aliphatic heterocycles. The van der Waals surface area contributed by atoms with Gasteiger partial charge in [-0.1, -0.05) is 31.6 Å². The molecular weight excluding hydrogens is 318 g/mol. The van der Waals surface area contributed by atoms with E-state index in [4.69, 9.17) is 5.73 Å². The SMILES string of the molecule is CCN1CCC(C(=O)NC(=O)C2(CC)C=C(C)C=C(C(N)=O)C2)CC1. The first-order valence-corrected chi connectivity index (χ1v) is 9.08. The molecule has 2 aliphatic rings. The molecule has 3 N–H and O–H groups in total. The molecule has 2 rings (SSSR count). The number of nitrogens with two attached hydrogens (primary N) is 1. The average Bonchev–Trinajstić information content (AvgIpc) is 2.60. The van der Waals surface area contributed by atoms with Crippen molar-refractivity contribution >= 4 is 17.7 Å². The lowest BCUT2D eigenvalue weighted by atomic mass is 9.73. The summed E-state index contributed by atoms with van der Waals surface area (Å²) >= 11 is 0. The molecule has 0 saturated carbocycles. The Bertz CT molecular complexity index is 615. The molecular formula is C19H29N3O3. The number of likely N-dealkylation sites (tertiary alicyclic amines) is 1. The molecule has 0 aromatic heterocycles. The van der Waals surface area contributed by atoms with E-state index < -0.39 is 11.3 Å². The fraction of sp³-hybridized carbons (Fsp3) is 0.632. The number of nitrogens with zero attached hydrogens (tertiary/aromatic N) is 1. The van der Waals surface area contributed by atoms with Crippen molar-refractivity contribution in [3.8, 4) is 0 Å². The number of allylic oxidation sites excluding steroid dienone is 2. The Morgan fingerprint density at radius 1 is 1.28 bits per heavy atom. The number of primary amides is 1. The number of rotatable bonds is 5. The summed E-state index contributed by atoms with van der Waals surface area (Å²) in [6, 6.07) is 0. The van der Waals surface area contributed by atoms with Crippen molar-refractivity contribution in [2.45, 2.75) is 46.5 Å². The second-order valence-corrected chi connectivity index (χ2v) is 7.14. The molecule has 1 heterocycles. The second-order valence-electron chi connectivity index (χ2n) is 7.14. The summed E-state index contributed by atoms with van der Waals surface area (Å²) in [6.45, 7) is 8.58. The Morgan fingerprint density at radius 3 is 2.44 bits per heavy atom. The molecule has 1 unspecified atom stereocenters. The van der Waals surface area contributed by atoms with Crippen LogP contribution in [0.2, 0.25) is 0 Å². The van der Waals surface area contributed by atoms with Gasteiger partial charge in [0.05, 0.1) is 5.41 Å². The summed E-state index contributed by atoms with van der Waals surface area (Å²) in [4.78, 5) is 39.3. The number of carbonyl (C=O) groups is 3. The maximum Gasteiger partial charge on any atom is 0.244 e. The van der Waals surface area contributed by atoms with Gasteiger partial charge in [0.2, 0.25) is 17.7 Å². The van der Waals surface area contributed by atoms with Gasteiger partial charge >= 0.3 is 0 Å². The highest BCUT2D eigenvalue weighted by atomic mass is 16.2. The van der Waals surface area contributed by atoms with E-state index in [1.807, 2.05) is 19.9 Å². The van der Waals surface area contributed by atoms with Gasteiger partial charge in [-0.25, -0.2) is 0 Å². The Balaban J connectivity index is 2.07. The van der Waals surface area contributed by atoms with Crippen molar-refractivity contribution in [1.29, 1.82) is 0 Å². The Labute approximate surface area is 149 Å². The molecule has 0 aromatic carbocycles. The molecule has 6 heteroatoms. The lowest BCUT2D eigenvalue weighted by Crippen LogP contribution is -2.48. The molecule has 25 heavy (non-hydrogen) atoms. The normalized spacial score (nSPS) is 25.1. The van der Waals surface area contributed by atoms with Crippen LogP contribution in [0.25, 0.3) is 0 Å². The predicted octanol–water partition coefficient (Wildman–Crippen LogP) is 1.52. The van der Waals surface area contributed by atoms with E-state index in [0.29, 0.717) is 12.0 Å². The third kappa shape index (κ3) is 4.37. The number of carbonyl (C=O) groups excluding carboxylic acids is 3. The number of hydrogen-bond donors (Lipinski definition) is 2. The van der Waals surface area contributed by atoms with Crippen LogP contribution in [0.3, 0.4) is 0 Å². The van der Waals surface area contributed by atoms with E-state index in [9.17, 15) is 14.4 Å². The van der Waals surface area contributed by atoms with Crippen LogP contribution in [0, 0.1) is 11.3 Å². The van der Waals surface area contributed by atoms with Crippen LogP contribution in [0.1, 0.15) is 46.5 Å². The predicted molar refractivity (Wildman–Crippen MR) is 96.4 cm³/mol. The van der Waals surface area contributed by atoms with Crippen LogP contribution in [-0.4, -0.2) is 42.3 Å². The van der Waals surface area contributed by atoms with Gasteiger partial charge in [0.1, 0.15) is 0 Å². The van der Waals surface area contributed by atoms with Gasteiger partial charge in [-0.3, -0.25) is 19.7 Å². The van der Waals surface area contributed by atoms with Crippen LogP contribution >= 0.6 is 0 Å². The maximum atomic E-state index is 12.9. The molecule has 0 radical (unpaired) electrons. The maximum absolute atomic E-state index is 12.9. The monoisotopic (exact) mass is 347 g/mol. The summed E-state index contributed by atoms with van der Waals surface area (Å²) in [5.74, 6) is -1.17. The van der Waals surface area contributed by atoms with E-state index >= 15 is 0 Å². The lowest BCUT2D eigenvalue weighted by molar-refractivity contribution is -0.138. The molecule has 0 bridgehead atoms. The first-order chi connectivity index (χ1) is 11.8. The highest BCUT2D eigenvalue weighted by Crippen LogP contribution is 2.37. The van der Waals surface area contributed by atoms with Gasteiger partial charge in [0, 0.05) is 11.5 Å². The van der Waals surface area contributed by atoms with Gasteiger partial charge < -0.3 is 10.6 Å². The summed E-state index contributed by atoms with van der Waals surface area (Å²) in [6.07, 6.45) is 5.85. The Hall–Kier alpha value is -1.95. The third-order valence-corrected chi connectivity index (χ3v) is 5.45. The van der Waals surface area contributed by atoms with Crippen molar-refractivity contribution < 1.29 is 14.4 Å².